The molecule has 6 heteroatoms. The average molecular weight is 230 g/mol. The first-order valence-corrected chi connectivity index (χ1v) is 4.78. The summed E-state index contributed by atoms with van der Waals surface area (Å²) in [5, 5.41) is 11.0. The van der Waals surface area contributed by atoms with Crippen LogP contribution >= 0.6 is 11.6 Å². The van der Waals surface area contributed by atoms with E-state index < -0.39 is 4.92 Å². The number of hydrogen-bond acceptors (Lipinski definition) is 4. The SMILES string of the molecule is CC(c1nc(Cl)ccc1[N+](=O)[O-])N(C)C. The lowest BCUT2D eigenvalue weighted by atomic mass is 10.1. The standard InChI is InChI=1S/C9H12ClN3O2/c1-6(12(2)3)9-7(13(14)15)4-5-8(10)11-9/h4-6H,1-3H3. The Morgan fingerprint density at radius 2 is 2.13 bits per heavy atom. The second-order valence-electron chi connectivity index (χ2n) is 3.44. The largest absolute Gasteiger partial charge is 0.301 e. The van der Waals surface area contributed by atoms with Crippen molar-refractivity contribution in [1.29, 1.82) is 0 Å². The Labute approximate surface area is 92.8 Å². The molecule has 1 atom stereocenters. The summed E-state index contributed by atoms with van der Waals surface area (Å²) in [5.41, 5.74) is 0.387. The summed E-state index contributed by atoms with van der Waals surface area (Å²) < 4.78 is 0. The number of halogens is 1. The van der Waals surface area contributed by atoms with Crippen molar-refractivity contribution in [3.63, 3.8) is 0 Å². The molecule has 1 rings (SSSR count). The fraction of sp³-hybridized carbons (Fsp3) is 0.444. The number of nitrogens with zero attached hydrogens (tertiary/aromatic N) is 3. The highest BCUT2D eigenvalue weighted by atomic mass is 35.5. The van der Waals surface area contributed by atoms with Gasteiger partial charge >= 0.3 is 0 Å². The molecule has 82 valence electrons. The maximum Gasteiger partial charge on any atom is 0.292 e. The summed E-state index contributed by atoms with van der Waals surface area (Å²) in [6, 6.07) is 2.65. The van der Waals surface area contributed by atoms with Crippen LogP contribution in [0.5, 0.6) is 0 Å². The van der Waals surface area contributed by atoms with Crippen LogP contribution in [0.2, 0.25) is 5.15 Å². The van der Waals surface area contributed by atoms with Gasteiger partial charge in [0.2, 0.25) is 0 Å². The zero-order valence-electron chi connectivity index (χ0n) is 8.77. The van der Waals surface area contributed by atoms with Crippen molar-refractivity contribution in [2.75, 3.05) is 14.1 Å². The zero-order chi connectivity index (χ0) is 11.6. The van der Waals surface area contributed by atoms with Crippen molar-refractivity contribution in [3.8, 4) is 0 Å². The van der Waals surface area contributed by atoms with Crippen LogP contribution in [-0.4, -0.2) is 28.9 Å². The first kappa shape index (κ1) is 11.9. The van der Waals surface area contributed by atoms with Gasteiger partial charge in [0.15, 0.2) is 0 Å². The first-order valence-electron chi connectivity index (χ1n) is 4.40. The highest BCUT2D eigenvalue weighted by molar-refractivity contribution is 6.29. The minimum Gasteiger partial charge on any atom is -0.301 e. The molecule has 15 heavy (non-hydrogen) atoms. The van der Waals surface area contributed by atoms with Crippen LogP contribution in [-0.2, 0) is 0 Å². The second kappa shape index (κ2) is 4.55. The summed E-state index contributed by atoms with van der Waals surface area (Å²) in [4.78, 5) is 16.2. The minimum atomic E-state index is -0.446. The van der Waals surface area contributed by atoms with Gasteiger partial charge in [-0.15, -0.1) is 0 Å². The van der Waals surface area contributed by atoms with Gasteiger partial charge in [-0.1, -0.05) is 11.6 Å². The molecule has 0 saturated heterocycles. The van der Waals surface area contributed by atoms with E-state index in [1.165, 1.54) is 12.1 Å². The summed E-state index contributed by atoms with van der Waals surface area (Å²) in [6.45, 7) is 1.84. The van der Waals surface area contributed by atoms with Gasteiger partial charge in [0.05, 0.1) is 11.0 Å². The normalized spacial score (nSPS) is 12.9. The van der Waals surface area contributed by atoms with E-state index in [0.29, 0.717) is 5.69 Å². The van der Waals surface area contributed by atoms with Crippen LogP contribution < -0.4 is 0 Å². The van der Waals surface area contributed by atoms with Crippen molar-refractivity contribution >= 4 is 17.3 Å². The molecule has 0 spiro atoms. The number of rotatable bonds is 3. The molecule has 0 N–H and O–H groups in total. The highest BCUT2D eigenvalue weighted by Crippen LogP contribution is 2.27. The molecule has 0 aliphatic rings. The molecule has 1 aromatic rings. The van der Waals surface area contributed by atoms with Gasteiger partial charge in [-0.25, -0.2) is 4.98 Å². The number of pyridine rings is 1. The average Bonchev–Trinajstić information content (AvgIpc) is 2.15. The van der Waals surface area contributed by atoms with Crippen LogP contribution in [0, 0.1) is 10.1 Å². The van der Waals surface area contributed by atoms with E-state index in [2.05, 4.69) is 4.98 Å². The predicted molar refractivity (Wildman–Crippen MR) is 58.0 cm³/mol. The van der Waals surface area contributed by atoms with E-state index in [0.717, 1.165) is 0 Å². The Morgan fingerprint density at radius 1 is 1.53 bits per heavy atom. The van der Waals surface area contributed by atoms with Crippen molar-refractivity contribution in [2.24, 2.45) is 0 Å². The fourth-order valence-corrected chi connectivity index (χ4v) is 1.30. The van der Waals surface area contributed by atoms with E-state index in [-0.39, 0.29) is 16.9 Å². The molecule has 0 saturated carbocycles. The Hall–Kier alpha value is -1.20. The molecule has 0 fully saturated rings. The van der Waals surface area contributed by atoms with Gasteiger partial charge in [0, 0.05) is 6.07 Å². The monoisotopic (exact) mass is 229 g/mol. The maximum atomic E-state index is 10.8. The maximum absolute atomic E-state index is 10.8. The van der Waals surface area contributed by atoms with Crippen molar-refractivity contribution in [2.45, 2.75) is 13.0 Å². The molecule has 1 aromatic heterocycles. The number of hydrogen-bond donors (Lipinski definition) is 0. The van der Waals surface area contributed by atoms with Crippen LogP contribution in [0.15, 0.2) is 12.1 Å². The van der Waals surface area contributed by atoms with Crippen LogP contribution in [0.3, 0.4) is 0 Å². The Kier molecular flexibility index (Phi) is 3.60. The van der Waals surface area contributed by atoms with E-state index in [9.17, 15) is 10.1 Å². The van der Waals surface area contributed by atoms with E-state index in [1.54, 1.807) is 0 Å². The van der Waals surface area contributed by atoms with Gasteiger partial charge in [-0.2, -0.15) is 0 Å². The lowest BCUT2D eigenvalue weighted by Gasteiger charge is -2.18. The third-order valence-corrected chi connectivity index (χ3v) is 2.45. The molecule has 1 heterocycles. The summed E-state index contributed by atoms with van der Waals surface area (Å²) in [6.07, 6.45) is 0. The van der Waals surface area contributed by atoms with Gasteiger partial charge in [-0.3, -0.25) is 10.1 Å². The van der Waals surface area contributed by atoms with E-state index >= 15 is 0 Å². The lowest BCUT2D eigenvalue weighted by Crippen LogP contribution is -2.19. The van der Waals surface area contributed by atoms with Crippen molar-refractivity contribution < 1.29 is 4.92 Å². The quantitative estimate of drug-likeness (QED) is 0.453. The second-order valence-corrected chi connectivity index (χ2v) is 3.82. The van der Waals surface area contributed by atoms with Crippen LogP contribution in [0.4, 0.5) is 5.69 Å². The molecule has 0 aliphatic heterocycles. The predicted octanol–water partition coefficient (Wildman–Crippen LogP) is 2.27. The fourth-order valence-electron chi connectivity index (χ4n) is 1.15. The Bertz CT molecular complexity index is 382. The topological polar surface area (TPSA) is 59.3 Å². The molecule has 0 amide bonds. The van der Waals surface area contributed by atoms with E-state index in [1.807, 2.05) is 25.9 Å². The number of nitro groups is 1. The summed E-state index contributed by atoms with van der Waals surface area (Å²) >= 11 is 5.72. The zero-order valence-corrected chi connectivity index (χ0v) is 9.52. The smallest absolute Gasteiger partial charge is 0.292 e. The molecule has 0 bridgehead atoms. The molecular formula is C9H12ClN3O2. The van der Waals surface area contributed by atoms with Crippen LogP contribution in [0.25, 0.3) is 0 Å². The Morgan fingerprint density at radius 3 is 2.60 bits per heavy atom. The molecule has 0 aromatic carbocycles. The minimum absolute atomic E-state index is 0.000556. The molecule has 5 nitrogen and oxygen atoms in total. The molecule has 1 unspecified atom stereocenters. The molecular weight excluding hydrogens is 218 g/mol. The van der Waals surface area contributed by atoms with Gasteiger partial charge in [-0.05, 0) is 27.1 Å². The van der Waals surface area contributed by atoms with Gasteiger partial charge < -0.3 is 4.90 Å². The van der Waals surface area contributed by atoms with Crippen molar-refractivity contribution in [3.05, 3.63) is 33.1 Å². The third kappa shape index (κ3) is 2.64. The van der Waals surface area contributed by atoms with E-state index in [4.69, 9.17) is 11.6 Å². The Balaban J connectivity index is 3.24. The third-order valence-electron chi connectivity index (χ3n) is 2.24. The molecule has 0 radical (unpaired) electrons. The van der Waals surface area contributed by atoms with Gasteiger partial charge in [0.1, 0.15) is 10.8 Å². The summed E-state index contributed by atoms with van der Waals surface area (Å²) in [5.74, 6) is 0. The van der Waals surface area contributed by atoms with Crippen molar-refractivity contribution in [1.82, 2.24) is 9.88 Å². The number of aromatic nitrogens is 1. The lowest BCUT2D eigenvalue weighted by molar-refractivity contribution is -0.386. The van der Waals surface area contributed by atoms with Crippen LogP contribution in [0.1, 0.15) is 18.7 Å². The molecule has 0 aliphatic carbocycles. The summed E-state index contributed by atoms with van der Waals surface area (Å²) in [7, 11) is 3.66. The highest BCUT2D eigenvalue weighted by Gasteiger charge is 2.22. The van der Waals surface area contributed by atoms with Gasteiger partial charge in [0.25, 0.3) is 5.69 Å². The first-order chi connectivity index (χ1) is 6.93.